The second-order valence-electron chi connectivity index (χ2n) is 9.21. The van der Waals surface area contributed by atoms with E-state index in [0.29, 0.717) is 30.3 Å². The van der Waals surface area contributed by atoms with Crippen molar-refractivity contribution in [2.24, 2.45) is 15.9 Å². The number of carbonyl (C=O) groups is 1. The van der Waals surface area contributed by atoms with Gasteiger partial charge in [-0.1, -0.05) is 30.4 Å². The van der Waals surface area contributed by atoms with Gasteiger partial charge in [0.05, 0.1) is 30.2 Å². The van der Waals surface area contributed by atoms with Crippen LogP contribution in [0.25, 0.3) is 0 Å². The van der Waals surface area contributed by atoms with Gasteiger partial charge in [-0.2, -0.15) is 5.26 Å². The molecule has 10 nitrogen and oxygen atoms in total. The Kier molecular flexibility index (Phi) is 6.88. The Morgan fingerprint density at radius 2 is 2.23 bits per heavy atom. The Morgan fingerprint density at radius 3 is 3.00 bits per heavy atom. The molecule has 0 aliphatic carbocycles. The van der Waals surface area contributed by atoms with Gasteiger partial charge in [0.15, 0.2) is 6.19 Å². The lowest BCUT2D eigenvalue weighted by Gasteiger charge is -2.42. The van der Waals surface area contributed by atoms with Crippen molar-refractivity contribution in [3.8, 4) is 6.19 Å². The van der Waals surface area contributed by atoms with Crippen LogP contribution in [0.15, 0.2) is 64.2 Å². The lowest BCUT2D eigenvalue weighted by atomic mass is 9.77. The number of benzene rings is 1. The molecule has 3 unspecified atom stereocenters. The predicted molar refractivity (Wildman–Crippen MR) is 151 cm³/mol. The van der Waals surface area contributed by atoms with Crippen LogP contribution >= 0.6 is 23.6 Å². The molecule has 3 aliphatic heterocycles. The fourth-order valence-electron chi connectivity index (χ4n) is 5.43. The molecular weight excluding hydrogens is 534 g/mol. The maximum Gasteiger partial charge on any atom is 0.343 e. The van der Waals surface area contributed by atoms with Gasteiger partial charge < -0.3 is 10.1 Å². The zero-order valence-corrected chi connectivity index (χ0v) is 22.2. The molecule has 3 aliphatic rings. The van der Waals surface area contributed by atoms with E-state index in [4.69, 9.17) is 26.8 Å². The zero-order valence-electron chi connectivity index (χ0n) is 20.6. The molecule has 0 spiro atoms. The van der Waals surface area contributed by atoms with Crippen LogP contribution in [0, 0.1) is 17.4 Å². The number of hydroxylamine groups is 1. The normalized spacial score (nSPS) is 25.4. The van der Waals surface area contributed by atoms with Crippen LogP contribution in [0.2, 0.25) is 0 Å². The summed E-state index contributed by atoms with van der Waals surface area (Å²) in [5, 5.41) is 16.8. The maximum atomic E-state index is 12.6. The minimum absolute atomic E-state index is 0.0747. The van der Waals surface area contributed by atoms with Crippen LogP contribution in [-0.4, -0.2) is 53.1 Å². The molecule has 1 fully saturated rings. The minimum Gasteiger partial charge on any atom is -0.381 e. The number of hydrogen-bond acceptors (Lipinski definition) is 10. The number of urea groups is 1. The Bertz CT molecular complexity index is 1510. The maximum absolute atomic E-state index is 12.6. The average Bonchev–Trinajstić information content (AvgIpc) is 3.65. The first-order valence-electron chi connectivity index (χ1n) is 12.3. The highest BCUT2D eigenvalue weighted by Gasteiger charge is 2.48. The summed E-state index contributed by atoms with van der Waals surface area (Å²) in [5.74, 6) is 0.0747. The number of thiocarbonyl (C=S) groups is 1. The van der Waals surface area contributed by atoms with Gasteiger partial charge in [-0.05, 0) is 30.0 Å². The molecule has 39 heavy (non-hydrogen) atoms. The number of amides is 2. The van der Waals surface area contributed by atoms with E-state index in [2.05, 4.69) is 27.0 Å². The lowest BCUT2D eigenvalue weighted by molar-refractivity contribution is -0.0352. The number of anilines is 1. The quantitative estimate of drug-likeness (QED) is 0.350. The average molecular weight is 558 g/mol. The molecule has 2 N–H and O–H groups in total. The van der Waals surface area contributed by atoms with Crippen LogP contribution in [0.5, 0.6) is 0 Å². The first-order chi connectivity index (χ1) is 19.2. The molecule has 1 saturated heterocycles. The summed E-state index contributed by atoms with van der Waals surface area (Å²) in [7, 11) is 0. The Morgan fingerprint density at radius 1 is 1.31 bits per heavy atom. The first-order valence-corrected chi connectivity index (χ1v) is 13.7. The van der Waals surface area contributed by atoms with Crippen molar-refractivity contribution < 1.29 is 14.4 Å². The standard InChI is InChI=1S/C27H23N7O3S2/c28-15-34-16-30-12-23(27(34,18-3-2-8-29-11-18)20-7-10-39-22(20)14-38)31-21-5-1-4-19-24(21)32-26(35)33-37-25(19)17-6-9-36-13-17/h1-5,7-8,10-11,14,16-17,25H,6,9,12-13H2,(H2,32,33,35). The number of rotatable bonds is 5. The van der Waals surface area contributed by atoms with Crippen molar-refractivity contribution in [2.45, 2.75) is 18.1 Å². The zero-order chi connectivity index (χ0) is 26.8. The third kappa shape index (κ3) is 4.29. The van der Waals surface area contributed by atoms with Crippen molar-refractivity contribution in [3.05, 3.63) is 75.7 Å². The molecule has 196 valence electrons. The summed E-state index contributed by atoms with van der Waals surface area (Å²) in [6.45, 7) is 1.39. The molecule has 6 rings (SSSR count). The third-order valence-corrected chi connectivity index (χ3v) is 8.39. The highest BCUT2D eigenvalue weighted by Crippen LogP contribution is 2.45. The molecule has 3 atom stereocenters. The van der Waals surface area contributed by atoms with Gasteiger partial charge >= 0.3 is 6.03 Å². The second-order valence-corrected chi connectivity index (χ2v) is 10.4. The van der Waals surface area contributed by atoms with Crippen LogP contribution < -0.4 is 10.8 Å². The van der Waals surface area contributed by atoms with Crippen molar-refractivity contribution in [2.75, 3.05) is 25.1 Å². The smallest absolute Gasteiger partial charge is 0.343 e. The summed E-state index contributed by atoms with van der Waals surface area (Å²) in [6.07, 6.45) is 7.62. The number of nitriles is 1. The van der Waals surface area contributed by atoms with E-state index in [9.17, 15) is 10.1 Å². The fraction of sp³-hybridized carbons (Fsp3) is 0.259. The van der Waals surface area contributed by atoms with Crippen molar-refractivity contribution in [1.29, 1.82) is 5.26 Å². The van der Waals surface area contributed by atoms with Crippen LogP contribution in [0.4, 0.5) is 16.2 Å². The molecule has 5 heterocycles. The number of pyridine rings is 1. The summed E-state index contributed by atoms with van der Waals surface area (Å²) in [6, 6.07) is 10.8. The molecule has 0 radical (unpaired) electrons. The molecular formula is C27H23N7O3S2. The van der Waals surface area contributed by atoms with E-state index in [1.165, 1.54) is 22.6 Å². The SMILES string of the molecule is N#CN1C=NCC(=Nc2cccc3c2NC(=O)NOC3C2CCOC2)C1(c1cccnc1)c1ccsc1C=S. The molecule has 0 bridgehead atoms. The first kappa shape index (κ1) is 25.3. The van der Waals surface area contributed by atoms with Crippen molar-refractivity contribution in [3.63, 3.8) is 0 Å². The highest BCUT2D eigenvalue weighted by atomic mass is 32.1. The Labute approximate surface area is 234 Å². The van der Waals surface area contributed by atoms with Gasteiger partial charge in [-0.3, -0.25) is 19.8 Å². The Hall–Kier alpha value is -4.02. The molecule has 2 aromatic heterocycles. The fourth-order valence-corrected chi connectivity index (χ4v) is 6.47. The third-order valence-electron chi connectivity index (χ3n) is 7.14. The second kappa shape index (κ2) is 10.6. The van der Waals surface area contributed by atoms with Crippen LogP contribution in [-0.2, 0) is 15.1 Å². The molecule has 2 amide bonds. The van der Waals surface area contributed by atoms with Crippen molar-refractivity contribution in [1.82, 2.24) is 15.4 Å². The number of thiophene rings is 1. The number of nitrogens with zero attached hydrogens (tertiary/aromatic N) is 5. The number of hydrogen-bond donors (Lipinski definition) is 2. The lowest BCUT2D eigenvalue weighted by Crippen LogP contribution is -2.54. The molecule has 12 heteroatoms. The van der Waals surface area contributed by atoms with Gasteiger partial charge in [0.1, 0.15) is 18.0 Å². The molecule has 0 saturated carbocycles. The number of aromatic nitrogens is 1. The number of para-hydroxylation sites is 1. The van der Waals surface area contributed by atoms with E-state index in [-0.39, 0.29) is 12.5 Å². The Balaban J connectivity index is 1.59. The van der Waals surface area contributed by atoms with Crippen molar-refractivity contribution >= 4 is 58.4 Å². The van der Waals surface area contributed by atoms with Crippen LogP contribution in [0.3, 0.4) is 0 Å². The summed E-state index contributed by atoms with van der Waals surface area (Å²) < 4.78 is 5.60. The summed E-state index contributed by atoms with van der Waals surface area (Å²) in [5.41, 5.74) is 5.32. The van der Waals surface area contributed by atoms with Gasteiger partial charge in [0.2, 0.25) is 0 Å². The topological polar surface area (TPSA) is 124 Å². The molecule has 3 aromatic rings. The van der Waals surface area contributed by atoms with E-state index in [1.807, 2.05) is 41.8 Å². The number of carbonyl (C=O) groups excluding carboxylic acids is 1. The highest BCUT2D eigenvalue weighted by molar-refractivity contribution is 7.79. The van der Waals surface area contributed by atoms with Gasteiger partial charge in [0.25, 0.3) is 0 Å². The van der Waals surface area contributed by atoms with Crippen LogP contribution in [0.1, 0.15) is 34.1 Å². The number of ether oxygens (including phenoxy) is 1. The van der Waals surface area contributed by atoms with Gasteiger partial charge in [-0.15, -0.1) is 11.3 Å². The summed E-state index contributed by atoms with van der Waals surface area (Å²) in [4.78, 5) is 34.7. The number of nitrogens with one attached hydrogen (secondary N) is 2. The van der Waals surface area contributed by atoms with E-state index >= 15 is 0 Å². The minimum atomic E-state index is -1.15. The number of fused-ring (bicyclic) bond motifs is 1. The van der Waals surface area contributed by atoms with Gasteiger partial charge in [0, 0.05) is 51.9 Å². The molecule has 1 aromatic carbocycles. The van der Waals surface area contributed by atoms with Gasteiger partial charge in [-0.25, -0.2) is 15.2 Å². The summed E-state index contributed by atoms with van der Waals surface area (Å²) >= 11 is 6.85. The van der Waals surface area contributed by atoms with E-state index < -0.39 is 17.7 Å². The largest absolute Gasteiger partial charge is 0.381 e. The van der Waals surface area contributed by atoms with E-state index in [1.54, 1.807) is 17.8 Å². The predicted octanol–water partition coefficient (Wildman–Crippen LogP) is 4.48. The van der Waals surface area contributed by atoms with E-state index in [0.717, 1.165) is 28.0 Å². The number of aliphatic imine (C=N–C) groups is 2. The monoisotopic (exact) mass is 557 g/mol.